The van der Waals surface area contributed by atoms with Crippen LogP contribution in [0, 0.1) is 0 Å². The number of methoxy groups -OCH3 is 1. The second-order valence-corrected chi connectivity index (χ2v) is 5.15. The topological polar surface area (TPSA) is 75.6 Å². The van der Waals surface area contributed by atoms with E-state index in [9.17, 15) is 4.79 Å². The van der Waals surface area contributed by atoms with Crippen molar-refractivity contribution in [2.24, 2.45) is 4.99 Å². The fourth-order valence-corrected chi connectivity index (χ4v) is 2.05. The van der Waals surface area contributed by atoms with E-state index in [0.29, 0.717) is 6.42 Å². The van der Waals surface area contributed by atoms with Crippen molar-refractivity contribution in [2.45, 2.75) is 39.0 Å². The highest BCUT2D eigenvalue weighted by molar-refractivity contribution is 14.0. The first-order valence-corrected chi connectivity index (χ1v) is 8.25. The van der Waals surface area contributed by atoms with Crippen LogP contribution in [-0.2, 0) is 16.0 Å². The molecule has 0 amide bonds. The first-order chi connectivity index (χ1) is 11.3. The fourth-order valence-electron chi connectivity index (χ4n) is 2.05. The van der Waals surface area contributed by atoms with Gasteiger partial charge in [-0.25, -0.2) is 0 Å². The van der Waals surface area contributed by atoms with E-state index in [-0.39, 0.29) is 29.9 Å². The lowest BCUT2D eigenvalue weighted by molar-refractivity contribution is -0.140. The summed E-state index contributed by atoms with van der Waals surface area (Å²) in [4.78, 5) is 19.8. The Hall–Kier alpha value is -1.38. The zero-order chi connectivity index (χ0) is 16.8. The Labute approximate surface area is 161 Å². The molecule has 24 heavy (non-hydrogen) atoms. The summed E-state index contributed by atoms with van der Waals surface area (Å²) in [6, 6.07) is 5.94. The molecule has 2 N–H and O–H groups in total. The number of pyridine rings is 1. The average Bonchev–Trinajstić information content (AvgIpc) is 2.58. The van der Waals surface area contributed by atoms with E-state index in [1.54, 1.807) is 0 Å². The van der Waals surface area contributed by atoms with E-state index < -0.39 is 0 Å². The summed E-state index contributed by atoms with van der Waals surface area (Å²) in [6.07, 6.45) is 5.96. The maximum atomic E-state index is 11.0. The van der Waals surface area contributed by atoms with Crippen molar-refractivity contribution in [2.75, 3.05) is 26.7 Å². The molecule has 0 radical (unpaired) electrons. The van der Waals surface area contributed by atoms with E-state index in [4.69, 9.17) is 0 Å². The van der Waals surface area contributed by atoms with Gasteiger partial charge in [0.15, 0.2) is 5.96 Å². The number of nitrogens with zero attached hydrogens (tertiary/aromatic N) is 2. The van der Waals surface area contributed by atoms with Crippen molar-refractivity contribution in [1.29, 1.82) is 0 Å². The van der Waals surface area contributed by atoms with Crippen LogP contribution in [0.4, 0.5) is 0 Å². The van der Waals surface area contributed by atoms with Crippen LogP contribution < -0.4 is 10.6 Å². The quantitative estimate of drug-likeness (QED) is 0.189. The Balaban J connectivity index is 0.00000529. The highest BCUT2D eigenvalue weighted by atomic mass is 127. The molecule has 1 aromatic rings. The largest absolute Gasteiger partial charge is 0.469 e. The molecule has 0 aromatic carbocycles. The Bertz CT molecular complexity index is 469. The number of carbonyl (C=O) groups excluding carboxylic acids is 1. The third kappa shape index (κ3) is 11.2. The highest BCUT2D eigenvalue weighted by Crippen LogP contribution is 2.01. The minimum absolute atomic E-state index is 0. The van der Waals surface area contributed by atoms with E-state index in [1.165, 1.54) is 7.11 Å². The molecule has 0 bridgehead atoms. The lowest BCUT2D eigenvalue weighted by atomic mass is 10.2. The van der Waals surface area contributed by atoms with Crippen LogP contribution in [0.3, 0.4) is 0 Å². The zero-order valence-corrected chi connectivity index (χ0v) is 16.9. The highest BCUT2D eigenvalue weighted by Gasteiger charge is 2.00. The molecule has 136 valence electrons. The van der Waals surface area contributed by atoms with Crippen LogP contribution >= 0.6 is 24.0 Å². The number of carbonyl (C=O) groups is 1. The summed E-state index contributed by atoms with van der Waals surface area (Å²) < 4.78 is 4.62. The SMILES string of the molecule is CCNC(=NCCCCCC(=O)OC)NCCc1ccccn1.I. The Morgan fingerprint density at radius 1 is 1.25 bits per heavy atom. The summed E-state index contributed by atoms with van der Waals surface area (Å²) in [5.41, 5.74) is 1.07. The molecule has 0 spiro atoms. The number of rotatable bonds is 10. The molecule has 1 heterocycles. The predicted octanol–water partition coefficient (Wildman–Crippen LogP) is 2.53. The number of unbranched alkanes of at least 4 members (excludes halogenated alkanes) is 2. The second kappa shape index (κ2) is 15.2. The normalized spacial score (nSPS) is 10.7. The molecule has 0 aliphatic rings. The van der Waals surface area contributed by atoms with Gasteiger partial charge in [-0.05, 0) is 31.9 Å². The van der Waals surface area contributed by atoms with Crippen molar-refractivity contribution in [3.63, 3.8) is 0 Å². The number of esters is 1. The second-order valence-electron chi connectivity index (χ2n) is 5.15. The minimum atomic E-state index is -0.141. The standard InChI is InChI=1S/C17H28N4O2.HI/c1-3-18-17(20-13-7-4-5-10-16(22)23-2)21-14-11-15-9-6-8-12-19-15;/h6,8-9,12H,3-5,7,10-11,13-14H2,1-2H3,(H2,18,20,21);1H. The molecule has 1 rings (SSSR count). The van der Waals surface area contributed by atoms with Gasteiger partial charge in [0, 0.05) is 44.4 Å². The molecule has 0 fully saturated rings. The molecule has 7 heteroatoms. The van der Waals surface area contributed by atoms with Gasteiger partial charge in [-0.1, -0.05) is 12.5 Å². The van der Waals surface area contributed by atoms with Crippen molar-refractivity contribution in [1.82, 2.24) is 15.6 Å². The number of hydrogen-bond acceptors (Lipinski definition) is 4. The van der Waals surface area contributed by atoms with Crippen LogP contribution in [0.25, 0.3) is 0 Å². The van der Waals surface area contributed by atoms with Gasteiger partial charge in [-0.15, -0.1) is 24.0 Å². The van der Waals surface area contributed by atoms with Crippen molar-refractivity contribution in [3.8, 4) is 0 Å². The van der Waals surface area contributed by atoms with Gasteiger partial charge in [-0.3, -0.25) is 14.8 Å². The van der Waals surface area contributed by atoms with Crippen LogP contribution in [0.5, 0.6) is 0 Å². The van der Waals surface area contributed by atoms with Crippen molar-refractivity contribution < 1.29 is 9.53 Å². The van der Waals surface area contributed by atoms with Gasteiger partial charge in [-0.2, -0.15) is 0 Å². The molecule has 6 nitrogen and oxygen atoms in total. The van der Waals surface area contributed by atoms with E-state index >= 15 is 0 Å². The molecule has 0 saturated carbocycles. The third-order valence-electron chi connectivity index (χ3n) is 3.28. The number of aliphatic imine (C=N–C) groups is 1. The number of aromatic nitrogens is 1. The smallest absolute Gasteiger partial charge is 0.305 e. The lowest BCUT2D eigenvalue weighted by Gasteiger charge is -2.11. The maximum Gasteiger partial charge on any atom is 0.305 e. The average molecular weight is 448 g/mol. The van der Waals surface area contributed by atoms with Gasteiger partial charge < -0.3 is 15.4 Å². The molecule has 1 aromatic heterocycles. The van der Waals surface area contributed by atoms with Crippen molar-refractivity contribution >= 4 is 35.9 Å². The maximum absolute atomic E-state index is 11.0. The van der Waals surface area contributed by atoms with Crippen LogP contribution in [0.15, 0.2) is 29.4 Å². The van der Waals surface area contributed by atoms with Crippen LogP contribution in [0.1, 0.15) is 38.3 Å². The summed E-state index contributed by atoms with van der Waals surface area (Å²) in [7, 11) is 1.42. The monoisotopic (exact) mass is 448 g/mol. The van der Waals surface area contributed by atoms with Gasteiger partial charge in [0.1, 0.15) is 0 Å². The molecule has 0 saturated heterocycles. The number of halogens is 1. The number of ether oxygens (including phenoxy) is 1. The summed E-state index contributed by atoms with van der Waals surface area (Å²) in [5.74, 6) is 0.689. The predicted molar refractivity (Wildman–Crippen MR) is 108 cm³/mol. The van der Waals surface area contributed by atoms with Gasteiger partial charge in [0.05, 0.1) is 7.11 Å². The summed E-state index contributed by atoms with van der Waals surface area (Å²) in [6.45, 7) is 4.43. The number of hydrogen-bond donors (Lipinski definition) is 2. The lowest BCUT2D eigenvalue weighted by Crippen LogP contribution is -2.38. The third-order valence-corrected chi connectivity index (χ3v) is 3.28. The first kappa shape index (κ1) is 22.6. The summed E-state index contributed by atoms with van der Waals surface area (Å²) >= 11 is 0. The molecule has 0 aliphatic carbocycles. The Morgan fingerprint density at radius 3 is 2.75 bits per heavy atom. The van der Waals surface area contributed by atoms with Crippen LogP contribution in [0.2, 0.25) is 0 Å². The Morgan fingerprint density at radius 2 is 2.08 bits per heavy atom. The van der Waals surface area contributed by atoms with Gasteiger partial charge >= 0.3 is 5.97 Å². The Kier molecular flexibility index (Phi) is 14.3. The molecule has 0 atom stereocenters. The minimum Gasteiger partial charge on any atom is -0.469 e. The van der Waals surface area contributed by atoms with E-state index in [1.807, 2.05) is 31.3 Å². The zero-order valence-electron chi connectivity index (χ0n) is 14.6. The summed E-state index contributed by atoms with van der Waals surface area (Å²) in [5, 5.41) is 6.54. The molecular weight excluding hydrogens is 419 g/mol. The number of nitrogens with one attached hydrogen (secondary N) is 2. The molecule has 0 unspecified atom stereocenters. The van der Waals surface area contributed by atoms with E-state index in [0.717, 1.165) is 57.0 Å². The van der Waals surface area contributed by atoms with Crippen molar-refractivity contribution in [3.05, 3.63) is 30.1 Å². The molecule has 0 aliphatic heterocycles. The van der Waals surface area contributed by atoms with E-state index in [2.05, 4.69) is 25.3 Å². The number of guanidine groups is 1. The van der Waals surface area contributed by atoms with Gasteiger partial charge in [0.25, 0.3) is 0 Å². The van der Waals surface area contributed by atoms with Gasteiger partial charge in [0.2, 0.25) is 0 Å². The van der Waals surface area contributed by atoms with Crippen LogP contribution in [-0.4, -0.2) is 43.7 Å². The fraction of sp³-hybridized carbons (Fsp3) is 0.588. The molecular formula is C17H29IN4O2. The first-order valence-electron chi connectivity index (χ1n) is 8.25.